The summed E-state index contributed by atoms with van der Waals surface area (Å²) >= 11 is 1.20. The fourth-order valence-corrected chi connectivity index (χ4v) is 3.21. The van der Waals surface area contributed by atoms with Crippen molar-refractivity contribution < 1.29 is 9.59 Å². The van der Waals surface area contributed by atoms with E-state index >= 15 is 0 Å². The van der Waals surface area contributed by atoms with Crippen molar-refractivity contribution in [3.63, 3.8) is 0 Å². The zero-order valence-electron chi connectivity index (χ0n) is 10.8. The first kappa shape index (κ1) is 13.7. The van der Waals surface area contributed by atoms with Gasteiger partial charge in [-0.25, -0.2) is 0 Å². The Morgan fingerprint density at radius 2 is 2.22 bits per heavy atom. The number of carbonyl (C=O) groups excluding carboxylic acids is 2. The van der Waals surface area contributed by atoms with E-state index in [0.717, 1.165) is 39.0 Å². The molecule has 1 atom stereocenters. The number of piperidine rings is 1. The number of nitrogens with zero attached hydrogens (tertiary/aromatic N) is 1. The number of amides is 2. The Morgan fingerprint density at radius 1 is 1.50 bits per heavy atom. The summed E-state index contributed by atoms with van der Waals surface area (Å²) in [5, 5.41) is 6.00. The van der Waals surface area contributed by atoms with Gasteiger partial charge in [-0.15, -0.1) is 0 Å². The number of rotatable bonds is 4. The molecule has 0 bridgehead atoms. The molecule has 0 saturated carbocycles. The van der Waals surface area contributed by atoms with E-state index in [1.807, 2.05) is 4.90 Å². The monoisotopic (exact) mass is 271 g/mol. The van der Waals surface area contributed by atoms with Gasteiger partial charge < -0.3 is 15.5 Å². The molecule has 0 aromatic heterocycles. The molecule has 2 aliphatic rings. The van der Waals surface area contributed by atoms with Gasteiger partial charge in [-0.3, -0.25) is 9.59 Å². The van der Waals surface area contributed by atoms with E-state index in [-0.39, 0.29) is 17.2 Å². The van der Waals surface area contributed by atoms with Gasteiger partial charge in [-0.1, -0.05) is 18.7 Å². The van der Waals surface area contributed by atoms with Crippen LogP contribution in [0.1, 0.15) is 19.8 Å². The Balaban J connectivity index is 1.75. The van der Waals surface area contributed by atoms with E-state index in [9.17, 15) is 9.59 Å². The third-order valence-corrected chi connectivity index (χ3v) is 4.46. The molecule has 2 fully saturated rings. The second-order valence-corrected chi connectivity index (χ2v) is 5.86. The summed E-state index contributed by atoms with van der Waals surface area (Å²) in [4.78, 5) is 25.1. The fourth-order valence-electron chi connectivity index (χ4n) is 2.44. The first-order chi connectivity index (χ1) is 8.70. The van der Waals surface area contributed by atoms with Crippen LogP contribution in [0, 0.1) is 5.92 Å². The number of nitrogens with one attached hydrogen (secondary N) is 2. The van der Waals surface area contributed by atoms with Crippen LogP contribution < -0.4 is 10.6 Å². The maximum atomic E-state index is 12.1. The van der Waals surface area contributed by atoms with Gasteiger partial charge >= 0.3 is 0 Å². The van der Waals surface area contributed by atoms with Crippen LogP contribution in [0.5, 0.6) is 0 Å². The van der Waals surface area contributed by atoms with Crippen LogP contribution in [0.2, 0.25) is 0 Å². The Hall–Kier alpha value is -0.750. The summed E-state index contributed by atoms with van der Waals surface area (Å²) in [6.45, 7) is 5.82. The van der Waals surface area contributed by atoms with Crippen molar-refractivity contribution in [1.29, 1.82) is 0 Å². The Morgan fingerprint density at radius 3 is 2.78 bits per heavy atom. The molecule has 0 aliphatic carbocycles. The van der Waals surface area contributed by atoms with E-state index in [0.29, 0.717) is 11.7 Å². The van der Waals surface area contributed by atoms with Crippen molar-refractivity contribution >= 4 is 22.9 Å². The first-order valence-corrected chi connectivity index (χ1v) is 7.62. The molecule has 0 aromatic rings. The second kappa shape index (κ2) is 6.43. The molecule has 2 saturated heterocycles. The van der Waals surface area contributed by atoms with Crippen LogP contribution in [0.4, 0.5) is 4.79 Å². The lowest BCUT2D eigenvalue weighted by Gasteiger charge is -2.33. The second-order valence-electron chi connectivity index (χ2n) is 4.87. The Labute approximate surface area is 112 Å². The predicted molar refractivity (Wildman–Crippen MR) is 72.6 cm³/mol. The van der Waals surface area contributed by atoms with Crippen LogP contribution in [-0.4, -0.2) is 54.0 Å². The van der Waals surface area contributed by atoms with Gasteiger partial charge in [0.05, 0.1) is 0 Å². The van der Waals surface area contributed by atoms with E-state index in [1.165, 1.54) is 11.8 Å². The lowest BCUT2D eigenvalue weighted by Crippen LogP contribution is -2.49. The largest absolute Gasteiger partial charge is 0.341 e. The fraction of sp³-hybridized carbons (Fsp3) is 0.833. The van der Waals surface area contributed by atoms with Gasteiger partial charge in [-0.2, -0.15) is 0 Å². The molecule has 6 heteroatoms. The van der Waals surface area contributed by atoms with Gasteiger partial charge in [0.15, 0.2) is 0 Å². The molecule has 2 heterocycles. The molecular weight excluding hydrogens is 250 g/mol. The quantitative estimate of drug-likeness (QED) is 0.788. The summed E-state index contributed by atoms with van der Waals surface area (Å²) in [7, 11) is 0. The third kappa shape index (κ3) is 3.38. The van der Waals surface area contributed by atoms with Gasteiger partial charge in [0.2, 0.25) is 5.91 Å². The molecule has 2 aliphatic heterocycles. The summed E-state index contributed by atoms with van der Waals surface area (Å²) in [5.74, 6) is 1.35. The van der Waals surface area contributed by atoms with Gasteiger partial charge in [0.25, 0.3) is 5.24 Å². The maximum absolute atomic E-state index is 12.1. The number of likely N-dealkylation sites (tertiary alicyclic amines) is 1. The van der Waals surface area contributed by atoms with Crippen molar-refractivity contribution in [2.24, 2.45) is 5.92 Å². The van der Waals surface area contributed by atoms with Crippen molar-refractivity contribution in [2.45, 2.75) is 25.8 Å². The minimum atomic E-state index is -0.298. The average Bonchev–Trinajstić information content (AvgIpc) is 2.83. The van der Waals surface area contributed by atoms with Crippen molar-refractivity contribution in [2.75, 3.05) is 31.9 Å². The molecule has 2 rings (SSSR count). The Bertz CT molecular complexity index is 316. The number of hydrogen-bond donors (Lipinski definition) is 2. The van der Waals surface area contributed by atoms with Gasteiger partial charge in [-0.05, 0) is 31.8 Å². The van der Waals surface area contributed by atoms with Gasteiger partial charge in [0.1, 0.15) is 6.04 Å². The van der Waals surface area contributed by atoms with Gasteiger partial charge in [0, 0.05) is 18.8 Å². The number of hydrogen-bond acceptors (Lipinski definition) is 4. The summed E-state index contributed by atoms with van der Waals surface area (Å²) in [5.41, 5.74) is 0. The SMILES string of the molecule is CCNCC1CCN(C(=O)C2CSC(=O)N2)CC1. The van der Waals surface area contributed by atoms with E-state index in [1.54, 1.807) is 0 Å². The highest BCUT2D eigenvalue weighted by atomic mass is 32.2. The zero-order valence-corrected chi connectivity index (χ0v) is 11.6. The molecule has 2 N–H and O–H groups in total. The van der Waals surface area contributed by atoms with Crippen LogP contribution >= 0.6 is 11.8 Å². The van der Waals surface area contributed by atoms with Crippen LogP contribution in [0.3, 0.4) is 0 Å². The molecule has 0 aromatic carbocycles. The minimum Gasteiger partial charge on any atom is -0.341 e. The third-order valence-electron chi connectivity index (χ3n) is 3.58. The highest BCUT2D eigenvalue weighted by Gasteiger charge is 2.33. The predicted octanol–water partition coefficient (Wildman–Crippen LogP) is 0.659. The molecule has 1 unspecified atom stereocenters. The molecule has 102 valence electrons. The standard InChI is InChI=1S/C12H21N3O2S/c1-2-13-7-9-3-5-15(6-4-9)11(16)10-8-18-12(17)14-10/h9-10,13H,2-8H2,1H3,(H,14,17). The summed E-state index contributed by atoms with van der Waals surface area (Å²) in [6, 6.07) is -0.298. The molecule has 2 amide bonds. The minimum absolute atomic E-state index is 0.0737. The van der Waals surface area contributed by atoms with E-state index < -0.39 is 0 Å². The number of carbonyl (C=O) groups is 2. The lowest BCUT2D eigenvalue weighted by molar-refractivity contribution is -0.133. The summed E-state index contributed by atoms with van der Waals surface area (Å²) in [6.07, 6.45) is 2.12. The number of thioether (sulfide) groups is 1. The van der Waals surface area contributed by atoms with Crippen molar-refractivity contribution in [3.05, 3.63) is 0 Å². The average molecular weight is 271 g/mol. The van der Waals surface area contributed by atoms with Crippen molar-refractivity contribution in [1.82, 2.24) is 15.5 Å². The topological polar surface area (TPSA) is 61.4 Å². The smallest absolute Gasteiger partial charge is 0.279 e. The molecule has 0 radical (unpaired) electrons. The van der Waals surface area contributed by atoms with Crippen molar-refractivity contribution in [3.8, 4) is 0 Å². The van der Waals surface area contributed by atoms with E-state index in [4.69, 9.17) is 0 Å². The molecule has 5 nitrogen and oxygen atoms in total. The summed E-state index contributed by atoms with van der Waals surface area (Å²) < 4.78 is 0. The molecule has 0 spiro atoms. The van der Waals surface area contributed by atoms with Crippen LogP contribution in [-0.2, 0) is 4.79 Å². The molecule has 18 heavy (non-hydrogen) atoms. The molecular formula is C12H21N3O2S. The van der Waals surface area contributed by atoms with Crippen LogP contribution in [0.15, 0.2) is 0 Å². The highest BCUT2D eigenvalue weighted by Crippen LogP contribution is 2.20. The highest BCUT2D eigenvalue weighted by molar-refractivity contribution is 8.14. The normalized spacial score (nSPS) is 25.3. The van der Waals surface area contributed by atoms with Crippen LogP contribution in [0.25, 0.3) is 0 Å². The zero-order chi connectivity index (χ0) is 13.0. The maximum Gasteiger partial charge on any atom is 0.279 e. The first-order valence-electron chi connectivity index (χ1n) is 6.63. The van der Waals surface area contributed by atoms with E-state index in [2.05, 4.69) is 17.6 Å². The Kier molecular flexibility index (Phi) is 4.88. The lowest BCUT2D eigenvalue weighted by atomic mass is 9.96.